The van der Waals surface area contributed by atoms with E-state index >= 15 is 0 Å². The van der Waals surface area contributed by atoms with E-state index in [1.807, 2.05) is 58.8 Å². The van der Waals surface area contributed by atoms with Gasteiger partial charge in [-0.3, -0.25) is 9.59 Å². The number of aliphatic hydroxyl groups excluding tert-OH is 2. The minimum Gasteiger partial charge on any atom is -0.616 e. The molecule has 0 aliphatic carbocycles. The van der Waals surface area contributed by atoms with Crippen LogP contribution in [-0.4, -0.2) is 146 Å². The summed E-state index contributed by atoms with van der Waals surface area (Å²) < 4.78 is 17.4. The van der Waals surface area contributed by atoms with Crippen LogP contribution in [0.15, 0.2) is 0 Å². The van der Waals surface area contributed by atoms with Crippen LogP contribution in [0.1, 0.15) is 25.7 Å². The number of esters is 1. The molecule has 8 nitrogen and oxygen atoms in total. The number of aliphatic hydroxyl groups is 2. The van der Waals surface area contributed by atoms with Crippen LogP contribution in [-0.2, 0) is 35.3 Å². The highest BCUT2D eigenvalue weighted by Gasteiger charge is 2.07. The Morgan fingerprint density at radius 3 is 1.77 bits per heavy atom. The molecule has 0 aromatic rings. The Morgan fingerprint density at radius 1 is 0.532 bits per heavy atom. The Labute approximate surface area is 333 Å². The van der Waals surface area contributed by atoms with Gasteiger partial charge in [-0.1, -0.05) is 22.9 Å². The maximum absolute atomic E-state index is 12.2. The number of carbonyl (C=O) groups excluding carboxylic acids is 2. The van der Waals surface area contributed by atoms with Crippen molar-refractivity contribution in [1.82, 2.24) is 0 Å². The van der Waals surface area contributed by atoms with Crippen LogP contribution >= 0.6 is 129 Å². The second-order valence-corrected chi connectivity index (χ2v) is 24.1. The molecule has 0 heterocycles. The van der Waals surface area contributed by atoms with Gasteiger partial charge in [0.15, 0.2) is 5.12 Å². The van der Waals surface area contributed by atoms with Gasteiger partial charge in [-0.15, -0.1) is 58.8 Å². The molecule has 280 valence electrons. The summed E-state index contributed by atoms with van der Waals surface area (Å²) in [7, 11) is 0. The molecular formula is C27H52O8S12. The van der Waals surface area contributed by atoms with Gasteiger partial charge in [0.25, 0.3) is 0 Å². The van der Waals surface area contributed by atoms with Gasteiger partial charge in [0.2, 0.25) is 0 Å². The van der Waals surface area contributed by atoms with Gasteiger partial charge in [0, 0.05) is 78.5 Å². The molecule has 0 saturated carbocycles. The minimum atomic E-state index is -0.763. The van der Waals surface area contributed by atoms with E-state index in [4.69, 9.17) is 24.7 Å². The Morgan fingerprint density at radius 2 is 1.06 bits per heavy atom. The molecule has 1 unspecified atom stereocenters. The van der Waals surface area contributed by atoms with Crippen LogP contribution in [0.25, 0.3) is 0 Å². The van der Waals surface area contributed by atoms with Crippen molar-refractivity contribution in [3.8, 4) is 0 Å². The Hall–Kier alpha value is 3.14. The molecule has 20 heteroatoms. The Bertz CT molecular complexity index is 679. The largest absolute Gasteiger partial charge is 0.616 e. The topological polar surface area (TPSA) is 125 Å². The quantitative estimate of drug-likeness (QED) is 0.0163. The third-order valence-electron chi connectivity index (χ3n) is 4.93. The zero-order valence-electron chi connectivity index (χ0n) is 26.9. The molecule has 0 bridgehead atoms. The lowest BCUT2D eigenvalue weighted by atomic mass is 10.5. The van der Waals surface area contributed by atoms with Gasteiger partial charge in [-0.2, -0.15) is 58.8 Å². The number of thioether (sulfide) groups is 11. The molecule has 47 heavy (non-hydrogen) atoms. The minimum absolute atomic E-state index is 0.122. The van der Waals surface area contributed by atoms with Crippen molar-refractivity contribution in [3.05, 3.63) is 0 Å². The smallest absolute Gasteiger partial charge is 0.306 e. The van der Waals surface area contributed by atoms with E-state index in [-0.39, 0.29) is 23.0 Å². The van der Waals surface area contributed by atoms with Crippen LogP contribution in [0.3, 0.4) is 0 Å². The van der Waals surface area contributed by atoms with Crippen molar-refractivity contribution < 1.29 is 38.9 Å². The van der Waals surface area contributed by atoms with E-state index in [9.17, 15) is 14.1 Å². The van der Waals surface area contributed by atoms with Gasteiger partial charge >= 0.3 is 5.97 Å². The molecule has 0 aliphatic heterocycles. The molecule has 0 aliphatic rings. The van der Waals surface area contributed by atoms with Crippen molar-refractivity contribution >= 4 is 152 Å². The maximum Gasteiger partial charge on any atom is 0.306 e. The first kappa shape index (κ1) is 50.1. The Balaban J connectivity index is 3.29. The van der Waals surface area contributed by atoms with Crippen LogP contribution < -0.4 is 0 Å². The van der Waals surface area contributed by atoms with Crippen molar-refractivity contribution in [1.29, 1.82) is 0 Å². The maximum atomic E-state index is 12.2. The molecule has 0 fully saturated rings. The average Bonchev–Trinajstić information content (AvgIpc) is 3.06. The van der Waals surface area contributed by atoms with E-state index in [0.717, 1.165) is 102 Å². The molecule has 0 spiro atoms. The van der Waals surface area contributed by atoms with Gasteiger partial charge < -0.3 is 19.5 Å². The monoisotopic (exact) mass is 888 g/mol. The van der Waals surface area contributed by atoms with Crippen LogP contribution in [0.2, 0.25) is 0 Å². The fraction of sp³-hybridized carbons (Fsp3) is 0.926. The Kier molecular flexibility index (Phi) is 46.5. The van der Waals surface area contributed by atoms with Crippen LogP contribution in [0.4, 0.5) is 0 Å². The van der Waals surface area contributed by atoms with Crippen molar-refractivity contribution in [2.24, 2.45) is 0 Å². The molecule has 0 saturated heterocycles. The summed E-state index contributed by atoms with van der Waals surface area (Å²) in [5.41, 5.74) is 0. The zero-order chi connectivity index (χ0) is 34.3. The first-order valence-electron chi connectivity index (χ1n) is 15.0. The van der Waals surface area contributed by atoms with E-state index in [1.165, 1.54) is 35.3 Å². The molecule has 0 radical (unpaired) electrons. The second kappa shape index (κ2) is 43.5. The second-order valence-electron chi connectivity index (χ2n) is 8.66. The summed E-state index contributed by atoms with van der Waals surface area (Å²) in [6, 6.07) is 0. The van der Waals surface area contributed by atoms with Crippen molar-refractivity contribution in [2.45, 2.75) is 25.7 Å². The molecular weight excluding hydrogens is 837 g/mol. The SMILES string of the molecule is O=C(CCSCSCCC[S+]([O-])CCSCSCCSC(=O)CCSCSCCCOOCCSCSCO)OCCSCSCO. The highest BCUT2D eigenvalue weighted by atomic mass is 32.2. The number of hydrogen-bond acceptors (Lipinski definition) is 19. The van der Waals surface area contributed by atoms with Gasteiger partial charge in [0.05, 0.1) is 31.5 Å². The third-order valence-corrected chi connectivity index (χ3v) is 18.8. The summed E-state index contributed by atoms with van der Waals surface area (Å²) >= 11 is 17.9. The number of rotatable bonds is 39. The molecule has 2 N–H and O–H groups in total. The number of carbonyl (C=O) groups is 2. The first-order chi connectivity index (χ1) is 23.1. The van der Waals surface area contributed by atoms with Gasteiger partial charge in [0.1, 0.15) is 18.1 Å². The lowest BCUT2D eigenvalue weighted by molar-refractivity contribution is -0.289. The predicted molar refractivity (Wildman–Crippen MR) is 230 cm³/mol. The van der Waals surface area contributed by atoms with E-state index < -0.39 is 11.2 Å². The highest BCUT2D eigenvalue weighted by Crippen LogP contribution is 2.19. The zero-order valence-corrected chi connectivity index (χ0v) is 36.7. The number of hydrogen-bond donors (Lipinski definition) is 2. The fourth-order valence-electron chi connectivity index (χ4n) is 2.73. The molecule has 0 rings (SSSR count). The van der Waals surface area contributed by atoms with E-state index in [0.29, 0.717) is 32.7 Å². The first-order valence-corrected chi connectivity index (χ1v) is 29.0. The normalized spacial score (nSPS) is 12.1. The lowest BCUT2D eigenvalue weighted by Gasteiger charge is -2.10. The van der Waals surface area contributed by atoms with Gasteiger partial charge in [-0.05, 0) is 17.9 Å². The van der Waals surface area contributed by atoms with Crippen LogP contribution in [0.5, 0.6) is 0 Å². The summed E-state index contributed by atoms with van der Waals surface area (Å²) in [6.07, 6.45) is 2.95. The van der Waals surface area contributed by atoms with E-state index in [2.05, 4.69) is 0 Å². The predicted octanol–water partition coefficient (Wildman–Crippen LogP) is 7.07. The molecule has 1 atom stereocenters. The lowest BCUT2D eigenvalue weighted by Crippen LogP contribution is -2.13. The summed E-state index contributed by atoms with van der Waals surface area (Å²) in [5, 5.41) is 22.2. The summed E-state index contributed by atoms with van der Waals surface area (Å²) in [5.74, 6) is 9.60. The molecule has 0 aromatic heterocycles. The van der Waals surface area contributed by atoms with Gasteiger partial charge in [-0.25, -0.2) is 9.78 Å². The summed E-state index contributed by atoms with van der Waals surface area (Å²) in [4.78, 5) is 34.1. The van der Waals surface area contributed by atoms with E-state index in [1.54, 1.807) is 35.3 Å². The van der Waals surface area contributed by atoms with Crippen molar-refractivity contribution in [3.63, 3.8) is 0 Å². The third kappa shape index (κ3) is 43.4. The molecule has 0 amide bonds. The number of ether oxygens (including phenoxy) is 1. The summed E-state index contributed by atoms with van der Waals surface area (Å²) in [6.45, 7) is 1.58. The highest BCUT2D eigenvalue weighted by molar-refractivity contribution is 8.18. The average molecular weight is 890 g/mol. The standard InChI is InChI=1S/C27H52O8S12/c28-19-44-24-40-12-6-33-26(30)3-10-38-22-37-9-2-17-47(32)18-16-43-23-42-14-15-46-27(31)4-11-39-21-36-8-1-5-34-35-7-13-41-25-45-20-29/h28-29H,1-25H2. The van der Waals surface area contributed by atoms with Crippen LogP contribution in [0, 0.1) is 0 Å². The molecule has 0 aromatic carbocycles. The van der Waals surface area contributed by atoms with Crippen molar-refractivity contribution in [2.75, 3.05) is 120 Å². The fourth-order valence-corrected chi connectivity index (χ4v) is 14.6.